The Hall–Kier alpha value is -3.08. The van der Waals surface area contributed by atoms with Gasteiger partial charge in [0.2, 0.25) is 6.41 Å². The molecule has 1 aliphatic heterocycles. The van der Waals surface area contributed by atoms with Gasteiger partial charge in [-0.25, -0.2) is 4.79 Å². The van der Waals surface area contributed by atoms with Crippen molar-refractivity contribution in [1.82, 2.24) is 9.88 Å². The molecule has 0 radical (unpaired) electrons. The van der Waals surface area contributed by atoms with E-state index < -0.39 is 0 Å². The van der Waals surface area contributed by atoms with Crippen molar-refractivity contribution >= 4 is 34.7 Å². The monoisotopic (exact) mass is 291 g/mol. The van der Waals surface area contributed by atoms with Gasteiger partial charge in [0, 0.05) is 10.9 Å². The van der Waals surface area contributed by atoms with Crippen LogP contribution in [0, 0.1) is 0 Å². The van der Waals surface area contributed by atoms with Gasteiger partial charge in [-0.2, -0.15) is 0 Å². The third-order valence-electron chi connectivity index (χ3n) is 3.88. The number of carbonyl (C=O) groups is 2. The Morgan fingerprint density at radius 1 is 1.00 bits per heavy atom. The molecular formula is C17H13N3O2. The summed E-state index contributed by atoms with van der Waals surface area (Å²) in [5.74, 6) is 0. The highest BCUT2D eigenvalue weighted by molar-refractivity contribution is 6.12. The summed E-state index contributed by atoms with van der Waals surface area (Å²) in [7, 11) is 0. The molecule has 2 heterocycles. The Morgan fingerprint density at radius 3 is 2.50 bits per heavy atom. The minimum Gasteiger partial charge on any atom is -0.355 e. The average molecular weight is 291 g/mol. The fourth-order valence-corrected chi connectivity index (χ4v) is 2.91. The fraction of sp³-hybridized carbons (Fsp3) is 0.0588. The number of para-hydroxylation sites is 2. The maximum Gasteiger partial charge on any atom is 0.336 e. The Kier molecular flexibility index (Phi) is 2.72. The molecule has 22 heavy (non-hydrogen) atoms. The molecule has 1 N–H and O–H groups in total. The number of fused-ring (bicyclic) bond motifs is 3. The maximum absolute atomic E-state index is 12.7. The summed E-state index contributed by atoms with van der Waals surface area (Å²) in [4.78, 5) is 30.0. The Balaban J connectivity index is 2.00. The third kappa shape index (κ3) is 1.72. The number of nitrogens with zero attached hydrogens (tertiary/aromatic N) is 2. The lowest BCUT2D eigenvalue weighted by Gasteiger charge is -2.32. The molecule has 1 aliphatic rings. The van der Waals surface area contributed by atoms with Gasteiger partial charge in [-0.1, -0.05) is 36.4 Å². The zero-order valence-electron chi connectivity index (χ0n) is 11.7. The van der Waals surface area contributed by atoms with Crippen LogP contribution in [0.2, 0.25) is 0 Å². The lowest BCUT2D eigenvalue weighted by molar-refractivity contribution is -0.116. The smallest absolute Gasteiger partial charge is 0.336 e. The second kappa shape index (κ2) is 4.73. The summed E-state index contributed by atoms with van der Waals surface area (Å²) >= 11 is 0. The molecule has 0 atom stereocenters. The van der Waals surface area contributed by atoms with E-state index in [0.717, 1.165) is 28.0 Å². The molecular weight excluding hydrogens is 278 g/mol. The number of amides is 3. The van der Waals surface area contributed by atoms with Crippen LogP contribution in [-0.2, 0) is 11.3 Å². The van der Waals surface area contributed by atoms with E-state index in [2.05, 4.69) is 4.98 Å². The number of hydrogen-bond acceptors (Lipinski definition) is 2. The molecule has 2 aromatic carbocycles. The number of H-pyrrole nitrogens is 1. The van der Waals surface area contributed by atoms with Gasteiger partial charge in [0.25, 0.3) is 0 Å². The van der Waals surface area contributed by atoms with Crippen LogP contribution in [0.4, 0.5) is 16.2 Å². The van der Waals surface area contributed by atoms with E-state index in [1.165, 1.54) is 4.90 Å². The van der Waals surface area contributed by atoms with Crippen LogP contribution in [0.15, 0.2) is 54.6 Å². The molecule has 5 nitrogen and oxygen atoms in total. The number of rotatable bonds is 2. The zero-order valence-corrected chi connectivity index (χ0v) is 11.7. The summed E-state index contributed by atoms with van der Waals surface area (Å²) in [6.07, 6.45) is 0.576. The predicted molar refractivity (Wildman–Crippen MR) is 83.9 cm³/mol. The molecule has 3 amide bonds. The van der Waals surface area contributed by atoms with Crippen LogP contribution in [-0.4, -0.2) is 22.3 Å². The summed E-state index contributed by atoms with van der Waals surface area (Å²) in [6.45, 7) is 0.260. The van der Waals surface area contributed by atoms with Crippen LogP contribution < -0.4 is 4.90 Å². The van der Waals surface area contributed by atoms with E-state index in [-0.39, 0.29) is 12.6 Å². The first kappa shape index (κ1) is 12.6. The van der Waals surface area contributed by atoms with Crippen LogP contribution in [0.5, 0.6) is 0 Å². The van der Waals surface area contributed by atoms with E-state index in [9.17, 15) is 9.59 Å². The van der Waals surface area contributed by atoms with Crippen molar-refractivity contribution in [2.24, 2.45) is 0 Å². The van der Waals surface area contributed by atoms with E-state index >= 15 is 0 Å². The average Bonchev–Trinajstić information content (AvgIpc) is 2.93. The number of aromatic nitrogens is 1. The van der Waals surface area contributed by atoms with Crippen molar-refractivity contribution in [1.29, 1.82) is 0 Å². The van der Waals surface area contributed by atoms with Gasteiger partial charge < -0.3 is 4.98 Å². The topological polar surface area (TPSA) is 56.4 Å². The van der Waals surface area contributed by atoms with Crippen molar-refractivity contribution in [3.05, 3.63) is 60.3 Å². The van der Waals surface area contributed by atoms with Crippen molar-refractivity contribution in [3.8, 4) is 0 Å². The van der Waals surface area contributed by atoms with Gasteiger partial charge in [-0.15, -0.1) is 0 Å². The molecule has 108 valence electrons. The standard InChI is InChI=1S/C17H13N3O2/c21-11-19-10-15-16(13-8-4-5-9-14(13)18-15)20(17(19)22)12-6-2-1-3-7-12/h1-9,11,18H,10H2. The summed E-state index contributed by atoms with van der Waals surface area (Å²) in [6, 6.07) is 16.8. The van der Waals surface area contributed by atoms with Gasteiger partial charge in [0.1, 0.15) is 0 Å². The Labute approximate surface area is 126 Å². The number of imide groups is 1. The Bertz CT molecular complexity index is 870. The molecule has 0 saturated carbocycles. The second-order valence-electron chi connectivity index (χ2n) is 5.18. The summed E-state index contributed by atoms with van der Waals surface area (Å²) in [5.41, 5.74) is 3.38. The number of urea groups is 1. The number of aromatic amines is 1. The Morgan fingerprint density at radius 2 is 1.73 bits per heavy atom. The third-order valence-corrected chi connectivity index (χ3v) is 3.88. The van der Waals surface area contributed by atoms with Gasteiger partial charge in [-0.3, -0.25) is 14.6 Å². The van der Waals surface area contributed by atoms with E-state index in [4.69, 9.17) is 0 Å². The molecule has 4 rings (SSSR count). The van der Waals surface area contributed by atoms with Crippen molar-refractivity contribution in [3.63, 3.8) is 0 Å². The summed E-state index contributed by atoms with van der Waals surface area (Å²) < 4.78 is 0. The number of carbonyl (C=O) groups excluding carboxylic acids is 2. The number of nitrogens with one attached hydrogen (secondary N) is 1. The van der Waals surface area contributed by atoms with Crippen LogP contribution in [0.1, 0.15) is 5.69 Å². The van der Waals surface area contributed by atoms with Crippen molar-refractivity contribution in [2.75, 3.05) is 4.90 Å². The molecule has 0 spiro atoms. The molecule has 5 heteroatoms. The molecule has 0 unspecified atom stereocenters. The van der Waals surface area contributed by atoms with Gasteiger partial charge in [0.05, 0.1) is 23.6 Å². The highest BCUT2D eigenvalue weighted by Crippen LogP contribution is 2.39. The quantitative estimate of drug-likeness (QED) is 0.736. The maximum atomic E-state index is 12.7. The minimum atomic E-state index is -0.335. The van der Waals surface area contributed by atoms with Crippen LogP contribution in [0.3, 0.4) is 0 Å². The molecule has 1 aromatic heterocycles. The van der Waals surface area contributed by atoms with Gasteiger partial charge in [-0.05, 0) is 18.2 Å². The first-order chi connectivity index (χ1) is 10.8. The number of hydrogen-bond donors (Lipinski definition) is 1. The molecule has 0 saturated heterocycles. The molecule has 0 bridgehead atoms. The lowest BCUT2D eigenvalue weighted by atomic mass is 10.1. The second-order valence-corrected chi connectivity index (χ2v) is 5.18. The fourth-order valence-electron chi connectivity index (χ4n) is 2.91. The van der Waals surface area contributed by atoms with E-state index in [1.807, 2.05) is 54.6 Å². The highest BCUT2D eigenvalue weighted by atomic mass is 16.2. The van der Waals surface area contributed by atoms with Crippen molar-refractivity contribution < 1.29 is 9.59 Å². The molecule has 3 aromatic rings. The first-order valence-corrected chi connectivity index (χ1v) is 7.00. The number of benzene rings is 2. The predicted octanol–water partition coefficient (Wildman–Crippen LogP) is 3.40. The zero-order chi connectivity index (χ0) is 15.1. The SMILES string of the molecule is O=CN1Cc2[nH]c3ccccc3c2N(c2ccccc2)C1=O. The van der Waals surface area contributed by atoms with Crippen LogP contribution >= 0.6 is 0 Å². The summed E-state index contributed by atoms with van der Waals surface area (Å²) in [5, 5.41) is 0.972. The first-order valence-electron chi connectivity index (χ1n) is 7.00. The van der Waals surface area contributed by atoms with E-state index in [1.54, 1.807) is 4.90 Å². The largest absolute Gasteiger partial charge is 0.355 e. The number of anilines is 2. The van der Waals surface area contributed by atoms with Crippen molar-refractivity contribution in [2.45, 2.75) is 6.54 Å². The van der Waals surface area contributed by atoms with Crippen LogP contribution in [0.25, 0.3) is 10.9 Å². The van der Waals surface area contributed by atoms with Gasteiger partial charge >= 0.3 is 6.03 Å². The molecule has 0 fully saturated rings. The van der Waals surface area contributed by atoms with E-state index in [0.29, 0.717) is 6.41 Å². The van der Waals surface area contributed by atoms with Gasteiger partial charge in [0.15, 0.2) is 0 Å². The molecule has 0 aliphatic carbocycles. The highest BCUT2D eigenvalue weighted by Gasteiger charge is 2.34. The minimum absolute atomic E-state index is 0.260. The normalized spacial score (nSPS) is 14.3. The lowest BCUT2D eigenvalue weighted by Crippen LogP contribution is -2.43.